The summed E-state index contributed by atoms with van der Waals surface area (Å²) in [6.45, 7) is 4.02. The normalized spacial score (nSPS) is 37.8. The summed E-state index contributed by atoms with van der Waals surface area (Å²) in [5.74, 6) is -1.97. The van der Waals surface area contributed by atoms with Crippen LogP contribution in [0.5, 0.6) is 0 Å². The Hall–Kier alpha value is -0.540. The van der Waals surface area contributed by atoms with Crippen molar-refractivity contribution in [1.82, 2.24) is 0 Å². The van der Waals surface area contributed by atoms with Gasteiger partial charge >= 0.3 is 16.6 Å². The predicted octanol–water partition coefficient (Wildman–Crippen LogP) is 1.22. The second-order valence-electron chi connectivity index (χ2n) is 7.28. The molecule has 0 aromatic rings. The Kier molecular flexibility index (Phi) is 5.30. The fourth-order valence-corrected chi connectivity index (χ4v) is 3.80. The molecule has 9 nitrogen and oxygen atoms in total. The van der Waals surface area contributed by atoms with Crippen LogP contribution in [0.3, 0.4) is 0 Å². The van der Waals surface area contributed by atoms with Crippen LogP contribution in [-0.4, -0.2) is 70.1 Å². The highest BCUT2D eigenvalue weighted by Gasteiger charge is 2.60. The highest BCUT2D eigenvalue weighted by Crippen LogP contribution is 2.44. The molecule has 3 saturated heterocycles. The van der Waals surface area contributed by atoms with Crippen LogP contribution in [-0.2, 0) is 42.4 Å². The van der Waals surface area contributed by atoms with Gasteiger partial charge in [0.05, 0.1) is 6.61 Å². The Bertz CT molecular complexity index is 663. The third-order valence-electron chi connectivity index (χ3n) is 3.99. The average Bonchev–Trinajstić information content (AvgIpc) is 2.96. The van der Waals surface area contributed by atoms with Crippen LogP contribution in [0.4, 0.5) is 13.2 Å². The summed E-state index contributed by atoms with van der Waals surface area (Å²) in [7, 11) is -4.89. The minimum absolute atomic E-state index is 0.624. The summed E-state index contributed by atoms with van der Waals surface area (Å²) in [4.78, 5) is 0. The number of fused-ring (bicyclic) bond motifs is 3. The maximum Gasteiger partial charge on any atom is 0.413 e. The number of halogens is 3. The number of ether oxygens (including phenoxy) is 5. The van der Waals surface area contributed by atoms with Gasteiger partial charge in [0.25, 0.3) is 0 Å². The summed E-state index contributed by atoms with van der Waals surface area (Å²) in [5.41, 5.74) is 0. The van der Waals surface area contributed by atoms with E-state index in [1.165, 1.54) is 0 Å². The number of alkyl halides is 3. The number of hydrogen-bond donors (Lipinski definition) is 0. The molecule has 3 heterocycles. The first-order valence-electron chi connectivity index (χ1n) is 8.14. The van der Waals surface area contributed by atoms with Gasteiger partial charge in [0.1, 0.15) is 24.4 Å². The van der Waals surface area contributed by atoms with E-state index >= 15 is 0 Å². The van der Waals surface area contributed by atoms with Crippen LogP contribution in [0.25, 0.3) is 0 Å². The van der Waals surface area contributed by atoms with Gasteiger partial charge in [-0.05, 0) is 27.7 Å². The summed E-state index contributed by atoms with van der Waals surface area (Å²) >= 11 is 0. The minimum atomic E-state index is -4.89. The van der Waals surface area contributed by atoms with Gasteiger partial charge in [-0.3, -0.25) is 0 Å². The molecule has 13 heteroatoms. The molecule has 27 heavy (non-hydrogen) atoms. The second-order valence-corrected chi connectivity index (χ2v) is 8.57. The van der Waals surface area contributed by atoms with Crippen molar-refractivity contribution in [2.24, 2.45) is 0 Å². The van der Waals surface area contributed by atoms with Gasteiger partial charge < -0.3 is 23.7 Å². The van der Waals surface area contributed by atoms with Crippen molar-refractivity contribution in [2.75, 3.05) is 13.2 Å². The smallest absolute Gasteiger partial charge is 0.342 e. The van der Waals surface area contributed by atoms with Crippen LogP contribution < -0.4 is 0 Å². The standard InChI is InChI=1S/C14H21F3O9S/c1-12(2)23-8-7(5-20-27(18,19)21-6-14(15,16)17)22-11-10(9(8)24-12)25-13(3,4)26-11/h7-11H,5-6H2,1-4H3/t7-,8+,9+,10-,11-/m1/s1. The van der Waals surface area contributed by atoms with Gasteiger partial charge in [0.2, 0.25) is 0 Å². The van der Waals surface area contributed by atoms with Crippen molar-refractivity contribution in [2.45, 2.75) is 76.2 Å². The quantitative estimate of drug-likeness (QED) is 0.648. The summed E-state index contributed by atoms with van der Waals surface area (Å²) in [6.07, 6.45) is -8.75. The summed E-state index contributed by atoms with van der Waals surface area (Å²) in [6, 6.07) is 0. The first-order chi connectivity index (χ1) is 12.2. The Balaban J connectivity index is 1.68. The molecule has 0 amide bonds. The molecule has 158 valence electrons. The van der Waals surface area contributed by atoms with E-state index in [2.05, 4.69) is 8.37 Å². The van der Waals surface area contributed by atoms with Crippen LogP contribution in [0.2, 0.25) is 0 Å². The lowest BCUT2D eigenvalue weighted by molar-refractivity contribution is -0.238. The largest absolute Gasteiger partial charge is 0.413 e. The topological polar surface area (TPSA) is 98.8 Å². The van der Waals surface area contributed by atoms with Crippen molar-refractivity contribution in [3.63, 3.8) is 0 Å². The van der Waals surface area contributed by atoms with E-state index in [4.69, 9.17) is 23.7 Å². The molecular weight excluding hydrogens is 401 g/mol. The number of hydrogen-bond acceptors (Lipinski definition) is 9. The lowest BCUT2D eigenvalue weighted by Crippen LogP contribution is -2.56. The zero-order valence-electron chi connectivity index (χ0n) is 15.0. The molecule has 0 radical (unpaired) electrons. The molecule has 0 saturated carbocycles. The van der Waals surface area contributed by atoms with E-state index in [9.17, 15) is 21.6 Å². The molecule has 3 rings (SSSR count). The maximum absolute atomic E-state index is 12.1. The average molecular weight is 422 g/mol. The Morgan fingerprint density at radius 1 is 0.889 bits per heavy atom. The fourth-order valence-electron chi connectivity index (χ4n) is 3.15. The van der Waals surface area contributed by atoms with Crippen molar-refractivity contribution in [1.29, 1.82) is 0 Å². The molecule has 3 fully saturated rings. The van der Waals surface area contributed by atoms with Crippen LogP contribution in [0, 0.1) is 0 Å². The van der Waals surface area contributed by atoms with Crippen molar-refractivity contribution < 1.29 is 53.6 Å². The zero-order valence-corrected chi connectivity index (χ0v) is 15.8. The van der Waals surface area contributed by atoms with E-state index in [1.54, 1.807) is 27.7 Å². The van der Waals surface area contributed by atoms with Gasteiger partial charge in [-0.2, -0.15) is 21.6 Å². The van der Waals surface area contributed by atoms with E-state index in [0.29, 0.717) is 0 Å². The lowest BCUT2D eigenvalue weighted by Gasteiger charge is -2.36. The number of rotatable bonds is 5. The minimum Gasteiger partial charge on any atom is -0.342 e. The molecule has 0 aromatic carbocycles. The first kappa shape index (κ1) is 21.2. The molecule has 0 aliphatic carbocycles. The summed E-state index contributed by atoms with van der Waals surface area (Å²) < 4.78 is 96.4. The van der Waals surface area contributed by atoms with E-state index < -0.39 is 72.1 Å². The molecule has 0 spiro atoms. The molecule has 0 unspecified atom stereocenters. The molecule has 3 aliphatic rings. The third-order valence-corrected chi connectivity index (χ3v) is 4.83. The van der Waals surface area contributed by atoms with Gasteiger partial charge in [-0.1, -0.05) is 0 Å². The van der Waals surface area contributed by atoms with Gasteiger partial charge in [-0.15, -0.1) is 0 Å². The second kappa shape index (κ2) is 6.76. The predicted molar refractivity (Wildman–Crippen MR) is 79.4 cm³/mol. The Labute approximate surface area is 154 Å². The van der Waals surface area contributed by atoms with Gasteiger partial charge in [0.15, 0.2) is 24.5 Å². The van der Waals surface area contributed by atoms with Crippen LogP contribution in [0.1, 0.15) is 27.7 Å². The molecule has 3 aliphatic heterocycles. The molecule has 0 bridgehead atoms. The third kappa shape index (κ3) is 5.09. The van der Waals surface area contributed by atoms with Crippen LogP contribution in [0.15, 0.2) is 0 Å². The van der Waals surface area contributed by atoms with Crippen LogP contribution >= 0.6 is 0 Å². The van der Waals surface area contributed by atoms with E-state index in [-0.39, 0.29) is 0 Å². The van der Waals surface area contributed by atoms with Crippen molar-refractivity contribution >= 4 is 10.4 Å². The van der Waals surface area contributed by atoms with Crippen molar-refractivity contribution in [3.8, 4) is 0 Å². The highest BCUT2D eigenvalue weighted by atomic mass is 32.3. The van der Waals surface area contributed by atoms with Crippen molar-refractivity contribution in [3.05, 3.63) is 0 Å². The molecule has 0 N–H and O–H groups in total. The molecule has 0 aromatic heterocycles. The first-order valence-corrected chi connectivity index (χ1v) is 9.47. The monoisotopic (exact) mass is 422 g/mol. The molecular formula is C14H21F3O9S. The fraction of sp³-hybridized carbons (Fsp3) is 1.00. The Morgan fingerprint density at radius 3 is 2.07 bits per heavy atom. The Morgan fingerprint density at radius 2 is 1.44 bits per heavy atom. The highest BCUT2D eigenvalue weighted by molar-refractivity contribution is 7.81. The lowest BCUT2D eigenvalue weighted by atomic mass is 9.99. The van der Waals surface area contributed by atoms with E-state index in [1.807, 2.05) is 0 Å². The van der Waals surface area contributed by atoms with Gasteiger partial charge in [0, 0.05) is 0 Å². The SMILES string of the molecule is CC1(C)O[C@H]2[C@@H](O1)[C@@H](COS(=O)(=O)OCC(F)(F)F)O[C@@H]1OC(C)(C)O[C@@H]12. The maximum atomic E-state index is 12.1. The van der Waals surface area contributed by atoms with E-state index in [0.717, 1.165) is 0 Å². The summed E-state index contributed by atoms with van der Waals surface area (Å²) in [5, 5.41) is 0. The van der Waals surface area contributed by atoms with Gasteiger partial charge in [-0.25, -0.2) is 8.37 Å². The zero-order chi connectivity index (χ0) is 20.3. The molecule has 5 atom stereocenters.